The molecule has 5 nitrogen and oxygen atoms in total. The molecule has 2 aromatic carbocycles. The van der Waals surface area contributed by atoms with Gasteiger partial charge in [-0.15, -0.1) is 0 Å². The molecule has 0 aromatic heterocycles. The maximum atomic E-state index is 12.5. The molecule has 1 amide bonds. The van der Waals surface area contributed by atoms with Gasteiger partial charge in [-0.25, -0.2) is 0 Å². The Balaban J connectivity index is 1.96. The van der Waals surface area contributed by atoms with Gasteiger partial charge in [0.15, 0.2) is 5.11 Å². The summed E-state index contributed by atoms with van der Waals surface area (Å²) in [6.07, 6.45) is 1.05. The van der Waals surface area contributed by atoms with E-state index in [9.17, 15) is 4.79 Å². The summed E-state index contributed by atoms with van der Waals surface area (Å²) in [4.78, 5) is 12.5. The third kappa shape index (κ3) is 7.66. The van der Waals surface area contributed by atoms with Crippen LogP contribution in [-0.2, 0) is 0 Å². The number of halogens is 1. The third-order valence-electron chi connectivity index (χ3n) is 4.00. The monoisotopic (exact) mass is 478 g/mol. The van der Waals surface area contributed by atoms with Crippen molar-refractivity contribution in [1.82, 2.24) is 5.32 Å². The van der Waals surface area contributed by atoms with E-state index in [0.29, 0.717) is 23.8 Å². The molecule has 0 saturated carbocycles. The van der Waals surface area contributed by atoms with Crippen LogP contribution in [0.3, 0.4) is 0 Å². The first-order valence-corrected chi connectivity index (χ1v) is 10.8. The van der Waals surface area contributed by atoms with Gasteiger partial charge in [0.05, 0.1) is 17.2 Å². The maximum absolute atomic E-state index is 12.5. The minimum atomic E-state index is -0.300. The Morgan fingerprint density at radius 2 is 1.93 bits per heavy atom. The van der Waals surface area contributed by atoms with E-state index < -0.39 is 0 Å². The number of carbonyl (C=O) groups is 1. The number of carbonyl (C=O) groups excluding carboxylic acids is 1. The first-order valence-electron chi connectivity index (χ1n) is 9.59. The molecule has 2 N–H and O–H groups in total. The van der Waals surface area contributed by atoms with Crippen LogP contribution in [0.1, 0.15) is 44.5 Å². The van der Waals surface area contributed by atoms with Gasteiger partial charge in [0.25, 0.3) is 5.91 Å². The Morgan fingerprint density at radius 3 is 2.59 bits per heavy atom. The predicted molar refractivity (Wildman–Crippen MR) is 125 cm³/mol. The van der Waals surface area contributed by atoms with Gasteiger partial charge in [-0.1, -0.05) is 26.8 Å². The highest BCUT2D eigenvalue weighted by atomic mass is 79.9. The van der Waals surface area contributed by atoms with Crippen LogP contribution in [-0.4, -0.2) is 23.7 Å². The molecule has 156 valence electrons. The summed E-state index contributed by atoms with van der Waals surface area (Å²) in [6.45, 7) is 8.85. The summed E-state index contributed by atoms with van der Waals surface area (Å²) in [6, 6.07) is 12.7. The van der Waals surface area contributed by atoms with E-state index in [1.165, 1.54) is 0 Å². The molecule has 0 aliphatic heterocycles. The largest absolute Gasteiger partial charge is 0.492 e. The summed E-state index contributed by atoms with van der Waals surface area (Å²) in [5, 5.41) is 5.92. The topological polar surface area (TPSA) is 59.6 Å². The lowest BCUT2D eigenvalue weighted by Gasteiger charge is -2.15. The first kappa shape index (κ1) is 23.2. The second-order valence-corrected chi connectivity index (χ2v) is 8.39. The van der Waals surface area contributed by atoms with Gasteiger partial charge in [0.1, 0.15) is 11.5 Å². The minimum Gasteiger partial charge on any atom is -0.492 e. The molecular formula is C22H27BrN2O3S. The molecule has 0 radical (unpaired) electrons. The fraction of sp³-hybridized carbons (Fsp3) is 0.364. The molecule has 0 spiro atoms. The first-order chi connectivity index (χ1) is 13.8. The molecule has 2 aromatic rings. The molecule has 1 unspecified atom stereocenters. The van der Waals surface area contributed by atoms with Crippen LogP contribution < -0.4 is 20.1 Å². The van der Waals surface area contributed by atoms with Crippen molar-refractivity contribution in [2.24, 2.45) is 5.92 Å². The standard InChI is InChI=1S/C22H27BrN2O3S/c1-5-15(4)28-18-8-6-7-17(12-18)24-22(29)25-21(26)16-9-10-20(19(23)11-16)27-13-14(2)3/h6-12,14-15H,5,13H2,1-4H3,(H2,24,25,26,29). The van der Waals surface area contributed by atoms with Crippen molar-refractivity contribution in [3.05, 3.63) is 52.5 Å². The number of rotatable bonds is 8. The fourth-order valence-corrected chi connectivity index (χ4v) is 3.02. The average Bonchev–Trinajstić information content (AvgIpc) is 2.66. The summed E-state index contributed by atoms with van der Waals surface area (Å²) >= 11 is 8.73. The Kier molecular flexibility index (Phi) is 8.92. The lowest BCUT2D eigenvalue weighted by Crippen LogP contribution is -2.34. The fourth-order valence-electron chi connectivity index (χ4n) is 2.32. The molecule has 0 aliphatic rings. The van der Waals surface area contributed by atoms with Gasteiger partial charge < -0.3 is 14.8 Å². The summed E-state index contributed by atoms with van der Waals surface area (Å²) in [5.74, 6) is 1.57. The van der Waals surface area contributed by atoms with Crippen LogP contribution in [0, 0.1) is 5.92 Å². The van der Waals surface area contributed by atoms with Gasteiger partial charge in [0, 0.05) is 17.3 Å². The lowest BCUT2D eigenvalue weighted by atomic mass is 10.2. The highest BCUT2D eigenvalue weighted by Crippen LogP contribution is 2.26. The van der Waals surface area contributed by atoms with Gasteiger partial charge in [-0.3, -0.25) is 10.1 Å². The van der Waals surface area contributed by atoms with E-state index in [4.69, 9.17) is 21.7 Å². The summed E-state index contributed by atoms with van der Waals surface area (Å²) in [7, 11) is 0. The molecule has 0 saturated heterocycles. The van der Waals surface area contributed by atoms with E-state index in [1.807, 2.05) is 31.2 Å². The number of nitrogens with one attached hydrogen (secondary N) is 2. The number of anilines is 1. The van der Waals surface area contributed by atoms with Crippen molar-refractivity contribution >= 4 is 44.9 Å². The second kappa shape index (κ2) is 11.2. The van der Waals surface area contributed by atoms with Crippen molar-refractivity contribution in [3.63, 3.8) is 0 Å². The predicted octanol–water partition coefficient (Wildman–Crippen LogP) is 5.79. The number of ether oxygens (including phenoxy) is 2. The molecule has 1 atom stereocenters. The van der Waals surface area contributed by atoms with Crippen LogP contribution in [0.25, 0.3) is 0 Å². The lowest BCUT2D eigenvalue weighted by molar-refractivity contribution is 0.0977. The van der Waals surface area contributed by atoms with Crippen molar-refractivity contribution in [2.75, 3.05) is 11.9 Å². The molecule has 29 heavy (non-hydrogen) atoms. The zero-order valence-electron chi connectivity index (χ0n) is 17.1. The van der Waals surface area contributed by atoms with E-state index >= 15 is 0 Å². The van der Waals surface area contributed by atoms with Gasteiger partial charge in [0.2, 0.25) is 0 Å². The van der Waals surface area contributed by atoms with Crippen molar-refractivity contribution in [2.45, 2.75) is 40.2 Å². The smallest absolute Gasteiger partial charge is 0.257 e. The van der Waals surface area contributed by atoms with Crippen LogP contribution in [0.15, 0.2) is 46.9 Å². The van der Waals surface area contributed by atoms with Gasteiger partial charge in [-0.2, -0.15) is 0 Å². The second-order valence-electron chi connectivity index (χ2n) is 7.12. The van der Waals surface area contributed by atoms with E-state index in [2.05, 4.69) is 47.3 Å². The molecule has 0 bridgehead atoms. The van der Waals surface area contributed by atoms with E-state index in [-0.39, 0.29) is 17.1 Å². The van der Waals surface area contributed by atoms with Crippen LogP contribution in [0.2, 0.25) is 0 Å². The Labute approximate surface area is 186 Å². The van der Waals surface area contributed by atoms with E-state index in [1.54, 1.807) is 18.2 Å². The van der Waals surface area contributed by atoms with Crippen molar-refractivity contribution in [1.29, 1.82) is 0 Å². The zero-order chi connectivity index (χ0) is 21.4. The Bertz CT molecular complexity index is 858. The Morgan fingerprint density at radius 1 is 1.17 bits per heavy atom. The molecular weight excluding hydrogens is 452 g/mol. The van der Waals surface area contributed by atoms with Crippen molar-refractivity contribution < 1.29 is 14.3 Å². The maximum Gasteiger partial charge on any atom is 0.257 e. The quantitative estimate of drug-likeness (QED) is 0.470. The van der Waals surface area contributed by atoms with Crippen LogP contribution in [0.4, 0.5) is 5.69 Å². The van der Waals surface area contributed by atoms with Crippen LogP contribution >= 0.6 is 28.1 Å². The average molecular weight is 479 g/mol. The van der Waals surface area contributed by atoms with Crippen LogP contribution in [0.5, 0.6) is 11.5 Å². The zero-order valence-corrected chi connectivity index (χ0v) is 19.5. The molecule has 0 heterocycles. The number of hydrogen-bond acceptors (Lipinski definition) is 4. The summed E-state index contributed by atoms with van der Waals surface area (Å²) in [5.41, 5.74) is 1.22. The van der Waals surface area contributed by atoms with Gasteiger partial charge >= 0.3 is 0 Å². The third-order valence-corrected chi connectivity index (χ3v) is 4.82. The number of hydrogen-bond donors (Lipinski definition) is 2. The van der Waals surface area contributed by atoms with E-state index in [0.717, 1.165) is 22.3 Å². The highest BCUT2D eigenvalue weighted by Gasteiger charge is 2.12. The SMILES string of the molecule is CCC(C)Oc1cccc(NC(=S)NC(=O)c2ccc(OCC(C)C)c(Br)c2)c1. The number of benzene rings is 2. The minimum absolute atomic E-state index is 0.128. The molecule has 0 aliphatic carbocycles. The molecule has 7 heteroatoms. The number of amides is 1. The van der Waals surface area contributed by atoms with Gasteiger partial charge in [-0.05, 0) is 77.7 Å². The number of thiocarbonyl (C=S) groups is 1. The molecule has 2 rings (SSSR count). The normalized spacial score (nSPS) is 11.7. The van der Waals surface area contributed by atoms with Crippen molar-refractivity contribution in [3.8, 4) is 11.5 Å². The molecule has 0 fully saturated rings. The Hall–Kier alpha value is -2.12. The highest BCUT2D eigenvalue weighted by molar-refractivity contribution is 9.10. The summed E-state index contributed by atoms with van der Waals surface area (Å²) < 4.78 is 12.2.